The monoisotopic (exact) mass is 430 g/mol. The molecule has 30 heavy (non-hydrogen) atoms. The maximum absolute atomic E-state index is 12.1. The van der Waals surface area contributed by atoms with E-state index in [1.54, 1.807) is 23.1 Å². The Morgan fingerprint density at radius 3 is 2.67 bits per heavy atom. The molecule has 0 saturated carbocycles. The number of hydrogen-bond donors (Lipinski definition) is 2. The first-order chi connectivity index (χ1) is 14.2. The fraction of sp³-hybridized carbons (Fsp3) is 0.500. The summed E-state index contributed by atoms with van der Waals surface area (Å²) in [7, 11) is 0. The topological polar surface area (TPSA) is 111 Å². The van der Waals surface area contributed by atoms with E-state index in [9.17, 15) is 9.59 Å². The first kappa shape index (κ1) is 21.8. The minimum absolute atomic E-state index is 0.280. The van der Waals surface area contributed by atoms with Crippen molar-refractivity contribution in [1.82, 2.24) is 20.1 Å². The Morgan fingerprint density at radius 1 is 1.27 bits per heavy atom. The van der Waals surface area contributed by atoms with Gasteiger partial charge < -0.3 is 15.0 Å². The van der Waals surface area contributed by atoms with Crippen LogP contribution in [0.25, 0.3) is 10.2 Å². The van der Waals surface area contributed by atoms with Crippen LogP contribution >= 0.6 is 11.3 Å². The van der Waals surface area contributed by atoms with Crippen LogP contribution in [0.3, 0.4) is 0 Å². The van der Waals surface area contributed by atoms with Crippen molar-refractivity contribution in [2.45, 2.75) is 26.4 Å². The molecule has 1 aliphatic heterocycles. The van der Waals surface area contributed by atoms with Gasteiger partial charge in [0.25, 0.3) is 0 Å². The van der Waals surface area contributed by atoms with E-state index in [0.717, 1.165) is 23.3 Å². The van der Waals surface area contributed by atoms with Crippen molar-refractivity contribution in [3.05, 3.63) is 23.8 Å². The quantitative estimate of drug-likeness (QED) is 0.772. The standard InChI is InChI=1S/C20H26N6O3S/c1-20(2,3)29-19(28)26-10-8-25(9-11-26)7-6-22-17(27)24-18-23-15-5-4-14(13-21)12-16(15)30-18/h4-5,12H,6-11H2,1-3H3,(H2,22,23,24,27). The number of fused-ring (bicyclic) bond motifs is 1. The highest BCUT2D eigenvalue weighted by Crippen LogP contribution is 2.26. The van der Waals surface area contributed by atoms with Crippen LogP contribution in [0.2, 0.25) is 0 Å². The van der Waals surface area contributed by atoms with Gasteiger partial charge in [-0.25, -0.2) is 14.6 Å². The van der Waals surface area contributed by atoms with Crippen molar-refractivity contribution in [3.8, 4) is 6.07 Å². The number of anilines is 1. The zero-order valence-electron chi connectivity index (χ0n) is 17.4. The Hall–Kier alpha value is -2.90. The first-order valence-corrected chi connectivity index (χ1v) is 10.6. The summed E-state index contributed by atoms with van der Waals surface area (Å²) in [5.74, 6) is 0. The van der Waals surface area contributed by atoms with Gasteiger partial charge in [-0.2, -0.15) is 5.26 Å². The molecule has 2 aromatic rings. The lowest BCUT2D eigenvalue weighted by molar-refractivity contribution is 0.0147. The maximum atomic E-state index is 12.1. The van der Waals surface area contributed by atoms with E-state index in [1.165, 1.54) is 11.3 Å². The van der Waals surface area contributed by atoms with Crippen LogP contribution in [0.1, 0.15) is 26.3 Å². The highest BCUT2D eigenvalue weighted by atomic mass is 32.1. The number of urea groups is 1. The minimum atomic E-state index is -0.493. The molecule has 0 aliphatic carbocycles. The molecule has 0 radical (unpaired) electrons. The molecule has 1 aliphatic rings. The van der Waals surface area contributed by atoms with Crippen molar-refractivity contribution in [2.24, 2.45) is 0 Å². The Bertz CT molecular complexity index is 954. The lowest BCUT2D eigenvalue weighted by Gasteiger charge is -2.35. The first-order valence-electron chi connectivity index (χ1n) is 9.79. The largest absolute Gasteiger partial charge is 0.444 e. The lowest BCUT2D eigenvalue weighted by atomic mass is 10.2. The predicted molar refractivity (Wildman–Crippen MR) is 116 cm³/mol. The van der Waals surface area contributed by atoms with Gasteiger partial charge in [-0.15, -0.1) is 0 Å². The molecule has 160 valence electrons. The van der Waals surface area contributed by atoms with Gasteiger partial charge in [-0.3, -0.25) is 10.2 Å². The third kappa shape index (κ3) is 6.05. The molecule has 2 N–H and O–H groups in total. The molecule has 2 heterocycles. The van der Waals surface area contributed by atoms with Gasteiger partial charge in [0.2, 0.25) is 0 Å². The number of ether oxygens (including phenoxy) is 1. The molecule has 3 amide bonds. The molecule has 0 atom stereocenters. The zero-order valence-corrected chi connectivity index (χ0v) is 18.2. The molecule has 0 unspecified atom stereocenters. The van der Waals surface area contributed by atoms with Crippen molar-refractivity contribution < 1.29 is 14.3 Å². The molecule has 1 saturated heterocycles. The molecule has 3 rings (SSSR count). The SMILES string of the molecule is CC(C)(C)OC(=O)N1CCN(CCNC(=O)Nc2nc3ccc(C#N)cc3s2)CC1. The summed E-state index contributed by atoms with van der Waals surface area (Å²) in [6, 6.07) is 7.00. The number of piperazine rings is 1. The van der Waals surface area contributed by atoms with Crippen molar-refractivity contribution in [2.75, 3.05) is 44.6 Å². The molecular formula is C20H26N6O3S. The maximum Gasteiger partial charge on any atom is 0.410 e. The average molecular weight is 431 g/mol. The van der Waals surface area contributed by atoms with Crippen LogP contribution in [0.15, 0.2) is 18.2 Å². The predicted octanol–water partition coefficient (Wildman–Crippen LogP) is 2.84. The zero-order chi connectivity index (χ0) is 21.7. The smallest absolute Gasteiger partial charge is 0.410 e. The van der Waals surface area contributed by atoms with Gasteiger partial charge in [0, 0.05) is 39.3 Å². The summed E-state index contributed by atoms with van der Waals surface area (Å²) in [6.07, 6.45) is -0.280. The average Bonchev–Trinajstić information content (AvgIpc) is 3.08. The van der Waals surface area contributed by atoms with Crippen LogP contribution in [0.5, 0.6) is 0 Å². The van der Waals surface area contributed by atoms with Gasteiger partial charge in [-0.1, -0.05) is 11.3 Å². The fourth-order valence-corrected chi connectivity index (χ4v) is 3.90. The highest BCUT2D eigenvalue weighted by molar-refractivity contribution is 7.22. The number of benzene rings is 1. The van der Waals surface area contributed by atoms with E-state index < -0.39 is 5.60 Å². The highest BCUT2D eigenvalue weighted by Gasteiger charge is 2.25. The number of carbonyl (C=O) groups is 2. The summed E-state index contributed by atoms with van der Waals surface area (Å²) in [4.78, 5) is 32.5. The summed E-state index contributed by atoms with van der Waals surface area (Å²) < 4.78 is 6.25. The third-order valence-electron chi connectivity index (χ3n) is 4.48. The number of rotatable bonds is 4. The van der Waals surface area contributed by atoms with Crippen LogP contribution in [0, 0.1) is 11.3 Å². The summed E-state index contributed by atoms with van der Waals surface area (Å²) in [5, 5.41) is 15.0. The van der Waals surface area contributed by atoms with E-state index in [0.29, 0.717) is 36.9 Å². The number of nitrogens with one attached hydrogen (secondary N) is 2. The third-order valence-corrected chi connectivity index (χ3v) is 5.41. The molecular weight excluding hydrogens is 404 g/mol. The molecule has 0 bridgehead atoms. The van der Waals surface area contributed by atoms with Crippen LogP contribution in [0.4, 0.5) is 14.7 Å². The van der Waals surface area contributed by atoms with Crippen LogP contribution < -0.4 is 10.6 Å². The molecule has 1 aromatic heterocycles. The second-order valence-corrected chi connectivity index (χ2v) is 9.03. The van der Waals surface area contributed by atoms with Crippen LogP contribution in [-0.2, 0) is 4.74 Å². The van der Waals surface area contributed by atoms with Crippen molar-refractivity contribution in [3.63, 3.8) is 0 Å². The molecule has 10 heteroatoms. The Kier molecular flexibility index (Phi) is 6.74. The summed E-state index contributed by atoms with van der Waals surface area (Å²) >= 11 is 1.33. The number of carbonyl (C=O) groups excluding carboxylic acids is 2. The van der Waals surface area contributed by atoms with Gasteiger partial charge >= 0.3 is 12.1 Å². The van der Waals surface area contributed by atoms with Crippen molar-refractivity contribution in [1.29, 1.82) is 5.26 Å². The Balaban J connectivity index is 1.38. The van der Waals surface area contributed by atoms with Gasteiger partial charge in [0.1, 0.15) is 5.60 Å². The summed E-state index contributed by atoms with van der Waals surface area (Å²) in [6.45, 7) is 9.45. The fourth-order valence-electron chi connectivity index (χ4n) is 3.00. The number of nitriles is 1. The Labute approximate surface area is 179 Å². The van der Waals surface area contributed by atoms with E-state index in [4.69, 9.17) is 10.00 Å². The van der Waals surface area contributed by atoms with Gasteiger partial charge in [-0.05, 0) is 39.0 Å². The number of aromatic nitrogens is 1. The van der Waals surface area contributed by atoms with Gasteiger partial charge in [0.15, 0.2) is 5.13 Å². The van der Waals surface area contributed by atoms with E-state index in [2.05, 4.69) is 26.6 Å². The molecule has 9 nitrogen and oxygen atoms in total. The van der Waals surface area contributed by atoms with E-state index >= 15 is 0 Å². The second kappa shape index (κ2) is 9.28. The minimum Gasteiger partial charge on any atom is -0.444 e. The summed E-state index contributed by atoms with van der Waals surface area (Å²) in [5.41, 5.74) is 0.818. The number of amides is 3. The number of thiazole rings is 1. The molecule has 1 aromatic carbocycles. The van der Waals surface area contributed by atoms with Crippen LogP contribution in [-0.4, -0.2) is 71.8 Å². The lowest BCUT2D eigenvalue weighted by Crippen LogP contribution is -2.51. The van der Waals surface area contributed by atoms with E-state index in [1.807, 2.05) is 20.8 Å². The normalized spacial score (nSPS) is 14.9. The molecule has 1 fully saturated rings. The molecule has 0 spiro atoms. The van der Waals surface area contributed by atoms with Gasteiger partial charge in [0.05, 0.1) is 21.8 Å². The number of nitrogens with zero attached hydrogens (tertiary/aromatic N) is 4. The second-order valence-electron chi connectivity index (χ2n) is 8.00. The van der Waals surface area contributed by atoms with Crippen molar-refractivity contribution >= 4 is 38.8 Å². The van der Waals surface area contributed by atoms with E-state index in [-0.39, 0.29) is 12.1 Å². The Morgan fingerprint density at radius 2 is 2.00 bits per heavy atom. The number of hydrogen-bond acceptors (Lipinski definition) is 7.